The molecule has 1 rings (SSSR count). The molecule has 1 aromatic rings. The van der Waals surface area contributed by atoms with Gasteiger partial charge in [-0.3, -0.25) is 0 Å². The third kappa shape index (κ3) is 4.00. The highest BCUT2D eigenvalue weighted by molar-refractivity contribution is 4.93. The van der Waals surface area contributed by atoms with Crippen LogP contribution < -0.4 is 5.32 Å². The molecule has 0 aliphatic carbocycles. The normalized spacial score (nSPS) is 13.4. The Morgan fingerprint density at radius 2 is 2.07 bits per heavy atom. The zero-order valence-electron chi connectivity index (χ0n) is 10.1. The van der Waals surface area contributed by atoms with Crippen LogP contribution in [0.4, 0.5) is 0 Å². The Morgan fingerprint density at radius 3 is 2.67 bits per heavy atom. The lowest BCUT2D eigenvalue weighted by atomic mass is 10.1. The fraction of sp³-hybridized carbons (Fsp3) is 0.818. The van der Waals surface area contributed by atoms with Crippen LogP contribution in [0.5, 0.6) is 0 Å². The number of nitrogens with zero attached hydrogens (tertiary/aromatic N) is 2. The molecule has 1 heterocycles. The van der Waals surface area contributed by atoms with Gasteiger partial charge in [-0.25, -0.2) is 0 Å². The minimum Gasteiger partial charge on any atom is -0.339 e. The molecular weight excluding hydrogens is 190 g/mol. The molecule has 4 heteroatoms. The second kappa shape index (κ2) is 5.85. The summed E-state index contributed by atoms with van der Waals surface area (Å²) in [4.78, 5) is 4.39. The third-order valence-electron chi connectivity index (χ3n) is 2.20. The van der Waals surface area contributed by atoms with E-state index in [2.05, 4.69) is 43.2 Å². The van der Waals surface area contributed by atoms with Crippen molar-refractivity contribution < 1.29 is 4.52 Å². The van der Waals surface area contributed by atoms with Crippen molar-refractivity contribution in [3.05, 3.63) is 11.7 Å². The molecule has 0 saturated carbocycles. The summed E-state index contributed by atoms with van der Waals surface area (Å²) in [6.45, 7) is 10.3. The second-order valence-corrected chi connectivity index (χ2v) is 4.36. The zero-order valence-corrected chi connectivity index (χ0v) is 10.1. The van der Waals surface area contributed by atoms with E-state index in [1.165, 1.54) is 0 Å². The molecule has 15 heavy (non-hydrogen) atoms. The van der Waals surface area contributed by atoms with Crippen LogP contribution in [0, 0.1) is 5.92 Å². The summed E-state index contributed by atoms with van der Waals surface area (Å²) in [5.74, 6) is 2.42. The van der Waals surface area contributed by atoms with E-state index in [9.17, 15) is 0 Å². The Bertz CT molecular complexity index is 283. The van der Waals surface area contributed by atoms with Gasteiger partial charge in [0.05, 0.1) is 0 Å². The van der Waals surface area contributed by atoms with Gasteiger partial charge in [0.1, 0.15) is 0 Å². The van der Waals surface area contributed by atoms with Gasteiger partial charge in [0.2, 0.25) is 5.89 Å². The summed E-state index contributed by atoms with van der Waals surface area (Å²) in [5, 5.41) is 7.24. The summed E-state index contributed by atoms with van der Waals surface area (Å²) in [5.41, 5.74) is 0. The SMILES string of the molecule is CCNCC(C)c1nc(CC(C)C)no1. The van der Waals surface area contributed by atoms with E-state index < -0.39 is 0 Å². The first kappa shape index (κ1) is 12.2. The van der Waals surface area contributed by atoms with Crippen LogP contribution in [0.3, 0.4) is 0 Å². The summed E-state index contributed by atoms with van der Waals surface area (Å²) in [6, 6.07) is 0. The molecule has 0 fully saturated rings. The predicted molar refractivity (Wildman–Crippen MR) is 59.8 cm³/mol. The van der Waals surface area contributed by atoms with Gasteiger partial charge in [0.25, 0.3) is 0 Å². The third-order valence-corrected chi connectivity index (χ3v) is 2.20. The van der Waals surface area contributed by atoms with Crippen molar-refractivity contribution in [2.24, 2.45) is 5.92 Å². The van der Waals surface area contributed by atoms with Crippen LogP contribution in [-0.2, 0) is 6.42 Å². The van der Waals surface area contributed by atoms with Crippen molar-refractivity contribution in [1.82, 2.24) is 15.5 Å². The quantitative estimate of drug-likeness (QED) is 0.781. The lowest BCUT2D eigenvalue weighted by Gasteiger charge is -2.05. The lowest BCUT2D eigenvalue weighted by molar-refractivity contribution is 0.350. The molecule has 0 bridgehead atoms. The summed E-state index contributed by atoms with van der Waals surface area (Å²) in [6.07, 6.45) is 0.886. The van der Waals surface area contributed by atoms with Crippen LogP contribution >= 0.6 is 0 Å². The molecule has 0 saturated heterocycles. The van der Waals surface area contributed by atoms with Gasteiger partial charge in [-0.2, -0.15) is 4.98 Å². The highest BCUT2D eigenvalue weighted by atomic mass is 16.5. The Hall–Kier alpha value is -0.900. The molecule has 0 amide bonds. The van der Waals surface area contributed by atoms with Gasteiger partial charge in [-0.05, 0) is 12.5 Å². The maximum Gasteiger partial charge on any atom is 0.230 e. The fourth-order valence-electron chi connectivity index (χ4n) is 1.36. The van der Waals surface area contributed by atoms with Crippen LogP contribution in [0.2, 0.25) is 0 Å². The van der Waals surface area contributed by atoms with Gasteiger partial charge in [0.15, 0.2) is 5.82 Å². The predicted octanol–water partition coefficient (Wildman–Crippen LogP) is 1.98. The Labute approximate surface area is 91.5 Å². The van der Waals surface area contributed by atoms with E-state index in [-0.39, 0.29) is 0 Å². The number of hydrogen-bond donors (Lipinski definition) is 1. The van der Waals surface area contributed by atoms with E-state index >= 15 is 0 Å². The highest BCUT2D eigenvalue weighted by Gasteiger charge is 2.14. The van der Waals surface area contributed by atoms with Gasteiger partial charge in [0, 0.05) is 18.9 Å². The zero-order chi connectivity index (χ0) is 11.3. The van der Waals surface area contributed by atoms with E-state index in [0.717, 1.165) is 31.2 Å². The summed E-state index contributed by atoms with van der Waals surface area (Å²) >= 11 is 0. The lowest BCUT2D eigenvalue weighted by Crippen LogP contribution is -2.19. The Kier molecular flexibility index (Phi) is 4.75. The van der Waals surface area contributed by atoms with Crippen LogP contribution in [0.25, 0.3) is 0 Å². The molecule has 1 unspecified atom stereocenters. The van der Waals surface area contributed by atoms with Crippen molar-refractivity contribution >= 4 is 0 Å². The molecular formula is C11H21N3O. The topological polar surface area (TPSA) is 51.0 Å². The largest absolute Gasteiger partial charge is 0.339 e. The van der Waals surface area contributed by atoms with Crippen molar-refractivity contribution in [3.8, 4) is 0 Å². The van der Waals surface area contributed by atoms with Gasteiger partial charge in [-0.15, -0.1) is 0 Å². The number of aromatic nitrogens is 2. The summed E-state index contributed by atoms with van der Waals surface area (Å²) in [7, 11) is 0. The molecule has 1 aromatic heterocycles. The molecule has 86 valence electrons. The minimum absolute atomic E-state index is 0.290. The molecule has 0 spiro atoms. The van der Waals surface area contributed by atoms with Crippen LogP contribution in [-0.4, -0.2) is 23.2 Å². The van der Waals surface area contributed by atoms with E-state index in [1.54, 1.807) is 0 Å². The Morgan fingerprint density at radius 1 is 1.33 bits per heavy atom. The number of hydrogen-bond acceptors (Lipinski definition) is 4. The second-order valence-electron chi connectivity index (χ2n) is 4.36. The van der Waals surface area contributed by atoms with Crippen LogP contribution in [0.1, 0.15) is 45.3 Å². The van der Waals surface area contributed by atoms with Gasteiger partial charge in [-0.1, -0.05) is 32.9 Å². The number of likely N-dealkylation sites (N-methyl/N-ethyl adjacent to an activating group) is 1. The van der Waals surface area contributed by atoms with Gasteiger partial charge >= 0.3 is 0 Å². The van der Waals surface area contributed by atoms with Crippen LogP contribution in [0.15, 0.2) is 4.52 Å². The first-order valence-corrected chi connectivity index (χ1v) is 5.66. The molecule has 0 radical (unpaired) electrons. The molecule has 0 aromatic carbocycles. The van der Waals surface area contributed by atoms with Crippen molar-refractivity contribution in [1.29, 1.82) is 0 Å². The fourth-order valence-corrected chi connectivity index (χ4v) is 1.36. The first-order chi connectivity index (χ1) is 7.13. The van der Waals surface area contributed by atoms with Crippen molar-refractivity contribution in [3.63, 3.8) is 0 Å². The molecule has 1 atom stereocenters. The maximum atomic E-state index is 5.22. The molecule has 4 nitrogen and oxygen atoms in total. The van der Waals surface area contributed by atoms with Gasteiger partial charge < -0.3 is 9.84 Å². The average molecular weight is 211 g/mol. The maximum absolute atomic E-state index is 5.22. The number of nitrogens with one attached hydrogen (secondary N) is 1. The average Bonchev–Trinajstić information content (AvgIpc) is 2.61. The monoisotopic (exact) mass is 211 g/mol. The highest BCUT2D eigenvalue weighted by Crippen LogP contribution is 2.13. The molecule has 1 N–H and O–H groups in total. The number of rotatable bonds is 6. The van der Waals surface area contributed by atoms with E-state index in [4.69, 9.17) is 4.52 Å². The van der Waals surface area contributed by atoms with E-state index in [1.807, 2.05) is 0 Å². The standard InChI is InChI=1S/C11H21N3O/c1-5-12-7-9(4)11-13-10(14-15-11)6-8(2)3/h8-9,12H,5-7H2,1-4H3. The molecule has 0 aliphatic heterocycles. The smallest absolute Gasteiger partial charge is 0.230 e. The van der Waals surface area contributed by atoms with E-state index in [0.29, 0.717) is 11.8 Å². The van der Waals surface area contributed by atoms with Crippen molar-refractivity contribution in [2.75, 3.05) is 13.1 Å². The van der Waals surface area contributed by atoms with Crippen molar-refractivity contribution in [2.45, 2.75) is 40.0 Å². The Balaban J connectivity index is 2.51. The minimum atomic E-state index is 0.290. The summed E-state index contributed by atoms with van der Waals surface area (Å²) < 4.78 is 5.22. The first-order valence-electron chi connectivity index (χ1n) is 5.66. The molecule has 0 aliphatic rings.